The van der Waals surface area contributed by atoms with Crippen LogP contribution in [0, 0.1) is 0 Å². The molecule has 94 valence electrons. The Labute approximate surface area is 104 Å². The van der Waals surface area contributed by atoms with Crippen LogP contribution in [0.2, 0.25) is 0 Å². The summed E-state index contributed by atoms with van der Waals surface area (Å²) in [5, 5.41) is 11.7. The molecule has 0 bridgehead atoms. The lowest BCUT2D eigenvalue weighted by molar-refractivity contribution is 0.251. The lowest BCUT2D eigenvalue weighted by Crippen LogP contribution is -2.28. The van der Waals surface area contributed by atoms with Crippen LogP contribution in [0.1, 0.15) is 5.82 Å². The van der Waals surface area contributed by atoms with Crippen molar-refractivity contribution in [2.45, 2.75) is 6.54 Å². The molecule has 0 aliphatic carbocycles. The molecule has 0 spiro atoms. The van der Waals surface area contributed by atoms with E-state index in [1.165, 1.54) is 6.33 Å². The van der Waals surface area contributed by atoms with Crippen molar-refractivity contribution in [2.24, 2.45) is 0 Å². The normalized spacial score (nSPS) is 9.83. The van der Waals surface area contributed by atoms with E-state index in [1.807, 2.05) is 0 Å². The second kappa shape index (κ2) is 5.67. The minimum atomic E-state index is -0.320. The van der Waals surface area contributed by atoms with Gasteiger partial charge in [-0.05, 0) is 12.1 Å². The number of anilines is 1. The number of aromatic nitrogens is 3. The average molecular weight is 247 g/mol. The number of H-pyrrole nitrogens is 1. The van der Waals surface area contributed by atoms with Crippen LogP contribution in [0.3, 0.4) is 0 Å². The van der Waals surface area contributed by atoms with Gasteiger partial charge < -0.3 is 15.4 Å². The van der Waals surface area contributed by atoms with E-state index in [2.05, 4.69) is 25.8 Å². The topological polar surface area (TPSA) is 91.9 Å². The minimum absolute atomic E-state index is 0.288. The van der Waals surface area contributed by atoms with E-state index in [0.717, 1.165) is 0 Å². The highest BCUT2D eigenvalue weighted by Crippen LogP contribution is 2.16. The fourth-order valence-corrected chi connectivity index (χ4v) is 1.36. The summed E-state index contributed by atoms with van der Waals surface area (Å²) in [6.07, 6.45) is 1.39. The summed E-state index contributed by atoms with van der Waals surface area (Å²) in [7, 11) is 1.57. The number of hydrogen-bond acceptors (Lipinski definition) is 4. The standard InChI is InChI=1S/C11H13N5O2/c1-18-9-4-2-3-8(5-9)15-11(17)12-6-10-13-7-14-16-10/h2-5,7H,6H2,1H3,(H2,12,15,17)(H,13,14,16). The van der Waals surface area contributed by atoms with Crippen molar-refractivity contribution in [2.75, 3.05) is 12.4 Å². The van der Waals surface area contributed by atoms with Crippen LogP contribution in [-0.2, 0) is 6.54 Å². The molecule has 2 aromatic rings. The Morgan fingerprint density at radius 1 is 1.50 bits per heavy atom. The number of benzene rings is 1. The summed E-state index contributed by atoms with van der Waals surface area (Å²) in [6, 6.07) is 6.78. The Morgan fingerprint density at radius 3 is 3.11 bits per heavy atom. The summed E-state index contributed by atoms with van der Waals surface area (Å²) in [6.45, 7) is 0.288. The van der Waals surface area contributed by atoms with Crippen LogP contribution in [0.5, 0.6) is 5.75 Å². The Hall–Kier alpha value is -2.57. The van der Waals surface area contributed by atoms with E-state index in [-0.39, 0.29) is 12.6 Å². The predicted octanol–water partition coefficient (Wildman–Crippen LogP) is 1.13. The zero-order valence-corrected chi connectivity index (χ0v) is 9.80. The maximum atomic E-state index is 11.6. The third-order valence-corrected chi connectivity index (χ3v) is 2.21. The number of carbonyl (C=O) groups excluding carboxylic acids is 1. The maximum absolute atomic E-state index is 11.6. The summed E-state index contributed by atoms with van der Waals surface area (Å²) in [4.78, 5) is 15.5. The summed E-state index contributed by atoms with van der Waals surface area (Å²) in [5.41, 5.74) is 0.657. The lowest BCUT2D eigenvalue weighted by Gasteiger charge is -2.07. The first kappa shape index (κ1) is 11.9. The van der Waals surface area contributed by atoms with Crippen LogP contribution in [0.15, 0.2) is 30.6 Å². The van der Waals surface area contributed by atoms with Crippen molar-refractivity contribution in [1.29, 1.82) is 0 Å². The predicted molar refractivity (Wildman–Crippen MR) is 65.2 cm³/mol. The fraction of sp³-hybridized carbons (Fsp3) is 0.182. The molecule has 7 nitrogen and oxygen atoms in total. The Kier molecular flexibility index (Phi) is 3.75. The van der Waals surface area contributed by atoms with Gasteiger partial charge in [-0.2, -0.15) is 5.10 Å². The van der Waals surface area contributed by atoms with Gasteiger partial charge in [0.2, 0.25) is 0 Å². The molecular formula is C11H13N5O2. The highest BCUT2D eigenvalue weighted by molar-refractivity contribution is 5.89. The van der Waals surface area contributed by atoms with Crippen LogP contribution < -0.4 is 15.4 Å². The smallest absolute Gasteiger partial charge is 0.319 e. The van der Waals surface area contributed by atoms with Gasteiger partial charge in [-0.25, -0.2) is 9.78 Å². The molecule has 0 radical (unpaired) electrons. The number of urea groups is 1. The van der Waals surface area contributed by atoms with E-state index in [9.17, 15) is 4.79 Å². The van der Waals surface area contributed by atoms with Crippen molar-refractivity contribution >= 4 is 11.7 Å². The lowest BCUT2D eigenvalue weighted by atomic mass is 10.3. The number of nitrogens with zero attached hydrogens (tertiary/aromatic N) is 2. The Morgan fingerprint density at radius 2 is 2.39 bits per heavy atom. The molecule has 2 rings (SSSR count). The monoisotopic (exact) mass is 247 g/mol. The second-order valence-corrected chi connectivity index (χ2v) is 3.47. The number of nitrogens with one attached hydrogen (secondary N) is 3. The number of hydrogen-bond donors (Lipinski definition) is 3. The maximum Gasteiger partial charge on any atom is 0.319 e. The first-order valence-electron chi connectivity index (χ1n) is 5.31. The van der Waals surface area contributed by atoms with E-state index in [0.29, 0.717) is 17.3 Å². The number of rotatable bonds is 4. The van der Waals surface area contributed by atoms with Gasteiger partial charge in [0.05, 0.1) is 13.7 Å². The molecule has 2 amide bonds. The fourth-order valence-electron chi connectivity index (χ4n) is 1.36. The molecule has 18 heavy (non-hydrogen) atoms. The molecule has 1 aromatic heterocycles. The minimum Gasteiger partial charge on any atom is -0.497 e. The number of aromatic amines is 1. The van der Waals surface area contributed by atoms with Gasteiger partial charge in [0.1, 0.15) is 17.9 Å². The number of amides is 2. The number of ether oxygens (including phenoxy) is 1. The van der Waals surface area contributed by atoms with Crippen molar-refractivity contribution in [3.05, 3.63) is 36.4 Å². The third kappa shape index (κ3) is 3.21. The van der Waals surface area contributed by atoms with Gasteiger partial charge in [-0.1, -0.05) is 6.07 Å². The van der Waals surface area contributed by atoms with Crippen LogP contribution in [0.4, 0.5) is 10.5 Å². The van der Waals surface area contributed by atoms with Gasteiger partial charge in [0.15, 0.2) is 0 Å². The molecule has 0 aliphatic rings. The second-order valence-electron chi connectivity index (χ2n) is 3.47. The van der Waals surface area contributed by atoms with E-state index in [4.69, 9.17) is 4.74 Å². The van der Waals surface area contributed by atoms with Gasteiger partial charge in [-0.15, -0.1) is 0 Å². The van der Waals surface area contributed by atoms with E-state index < -0.39 is 0 Å². The molecule has 0 saturated heterocycles. The molecule has 1 aromatic carbocycles. The van der Waals surface area contributed by atoms with Crippen molar-refractivity contribution in [3.8, 4) is 5.75 Å². The van der Waals surface area contributed by atoms with E-state index in [1.54, 1.807) is 31.4 Å². The van der Waals surface area contributed by atoms with Crippen LogP contribution >= 0.6 is 0 Å². The summed E-state index contributed by atoms with van der Waals surface area (Å²) < 4.78 is 5.06. The quantitative estimate of drug-likeness (QED) is 0.755. The van der Waals surface area contributed by atoms with Crippen molar-refractivity contribution < 1.29 is 9.53 Å². The first-order valence-corrected chi connectivity index (χ1v) is 5.31. The molecule has 0 fully saturated rings. The number of methoxy groups -OCH3 is 1. The van der Waals surface area contributed by atoms with Gasteiger partial charge >= 0.3 is 6.03 Å². The molecule has 0 aliphatic heterocycles. The largest absolute Gasteiger partial charge is 0.497 e. The first-order chi connectivity index (χ1) is 8.78. The average Bonchev–Trinajstić information content (AvgIpc) is 2.90. The highest BCUT2D eigenvalue weighted by Gasteiger charge is 2.03. The summed E-state index contributed by atoms with van der Waals surface area (Å²) in [5.74, 6) is 1.28. The Bertz CT molecular complexity index is 512. The summed E-state index contributed by atoms with van der Waals surface area (Å²) >= 11 is 0. The highest BCUT2D eigenvalue weighted by atomic mass is 16.5. The molecule has 0 atom stereocenters. The van der Waals surface area contributed by atoms with Gasteiger partial charge in [0, 0.05) is 11.8 Å². The molecular weight excluding hydrogens is 234 g/mol. The molecule has 0 unspecified atom stereocenters. The zero-order valence-electron chi connectivity index (χ0n) is 9.80. The van der Waals surface area contributed by atoms with Crippen molar-refractivity contribution in [1.82, 2.24) is 20.5 Å². The van der Waals surface area contributed by atoms with Gasteiger partial charge in [0.25, 0.3) is 0 Å². The molecule has 1 heterocycles. The van der Waals surface area contributed by atoms with Crippen molar-refractivity contribution in [3.63, 3.8) is 0 Å². The van der Waals surface area contributed by atoms with Crippen LogP contribution in [-0.4, -0.2) is 28.3 Å². The molecule has 0 saturated carbocycles. The zero-order chi connectivity index (χ0) is 12.8. The SMILES string of the molecule is COc1cccc(NC(=O)NCc2ncn[nH]2)c1. The molecule has 3 N–H and O–H groups in total. The Balaban J connectivity index is 1.86. The molecule has 7 heteroatoms. The third-order valence-electron chi connectivity index (χ3n) is 2.21. The van der Waals surface area contributed by atoms with Gasteiger partial charge in [-0.3, -0.25) is 5.10 Å². The van der Waals surface area contributed by atoms with Crippen LogP contribution in [0.25, 0.3) is 0 Å². The number of carbonyl (C=O) groups is 1. The van der Waals surface area contributed by atoms with E-state index >= 15 is 0 Å².